The molecule has 8 heteroatoms. The smallest absolute Gasteiger partial charge is 0.309 e. The second-order valence-electron chi connectivity index (χ2n) is 10.0. The Bertz CT molecular complexity index is 1250. The number of methoxy groups -OCH3 is 1. The SMILES string of the molecule is COC(=O)C1CC2CC1CN2c1cc(-n2ncc3cc(C)c(C4CCOCC4)cc32)nc(C)n1. The normalized spacial score (nSPS) is 24.8. The van der Waals surface area contributed by atoms with Gasteiger partial charge in [-0.3, -0.25) is 4.79 Å². The molecule has 2 bridgehead atoms. The average molecular weight is 462 g/mol. The van der Waals surface area contributed by atoms with E-state index in [0.717, 1.165) is 73.8 Å². The number of carbonyl (C=O) groups is 1. The number of hydrogen-bond donors (Lipinski definition) is 0. The second-order valence-corrected chi connectivity index (χ2v) is 10.0. The zero-order chi connectivity index (χ0) is 23.4. The molecule has 0 amide bonds. The number of piperidine rings is 1. The van der Waals surface area contributed by atoms with Crippen LogP contribution >= 0.6 is 0 Å². The lowest BCUT2D eigenvalue weighted by Gasteiger charge is -2.31. The van der Waals surface area contributed by atoms with Gasteiger partial charge in [-0.25, -0.2) is 14.6 Å². The van der Waals surface area contributed by atoms with Gasteiger partial charge in [0, 0.05) is 37.3 Å². The van der Waals surface area contributed by atoms with E-state index in [-0.39, 0.29) is 11.9 Å². The van der Waals surface area contributed by atoms with Crippen molar-refractivity contribution in [2.75, 3.05) is 31.8 Å². The van der Waals surface area contributed by atoms with E-state index in [4.69, 9.17) is 24.5 Å². The van der Waals surface area contributed by atoms with Gasteiger partial charge >= 0.3 is 5.97 Å². The summed E-state index contributed by atoms with van der Waals surface area (Å²) in [4.78, 5) is 24.0. The van der Waals surface area contributed by atoms with Crippen LogP contribution in [0.4, 0.5) is 5.82 Å². The molecule has 3 aromatic rings. The van der Waals surface area contributed by atoms with Gasteiger partial charge in [-0.1, -0.05) is 0 Å². The standard InChI is InChI=1S/C26H31N5O3/c1-15-8-18-13-27-31(23(18)11-21(15)17-4-6-34-7-5-17)25-12-24(28-16(2)29-25)30-14-19-9-20(30)10-22(19)26(32)33-3/h8,11-13,17,19-20,22H,4-7,9-10,14H2,1-3H3. The van der Waals surface area contributed by atoms with Crippen LogP contribution in [-0.2, 0) is 14.3 Å². The fraction of sp³-hybridized carbons (Fsp3) is 0.538. The molecule has 2 aliphatic heterocycles. The van der Waals surface area contributed by atoms with Crippen LogP contribution < -0.4 is 4.90 Å². The Labute approximate surface area is 199 Å². The maximum Gasteiger partial charge on any atom is 0.309 e. The van der Waals surface area contributed by atoms with Crippen LogP contribution in [0, 0.1) is 25.7 Å². The molecular formula is C26H31N5O3. The van der Waals surface area contributed by atoms with Crippen LogP contribution in [0.2, 0.25) is 0 Å². The van der Waals surface area contributed by atoms with Crippen molar-refractivity contribution in [2.45, 2.75) is 51.5 Å². The minimum atomic E-state index is -0.0784. The quantitative estimate of drug-likeness (QED) is 0.548. The van der Waals surface area contributed by atoms with Crippen molar-refractivity contribution < 1.29 is 14.3 Å². The first kappa shape index (κ1) is 21.5. The van der Waals surface area contributed by atoms with Crippen molar-refractivity contribution in [3.63, 3.8) is 0 Å². The molecule has 3 unspecified atom stereocenters. The van der Waals surface area contributed by atoms with Crippen LogP contribution in [0.15, 0.2) is 24.4 Å². The van der Waals surface area contributed by atoms with Gasteiger partial charge in [0.2, 0.25) is 0 Å². The fourth-order valence-electron chi connectivity index (χ4n) is 6.30. The number of esters is 1. The summed E-state index contributed by atoms with van der Waals surface area (Å²) < 4.78 is 12.5. The van der Waals surface area contributed by atoms with E-state index >= 15 is 0 Å². The van der Waals surface area contributed by atoms with E-state index in [0.29, 0.717) is 17.9 Å². The molecular weight excluding hydrogens is 430 g/mol. The molecule has 6 rings (SSSR count). The van der Waals surface area contributed by atoms with Crippen molar-refractivity contribution >= 4 is 22.7 Å². The van der Waals surface area contributed by atoms with Gasteiger partial charge in [-0.2, -0.15) is 5.10 Å². The zero-order valence-electron chi connectivity index (χ0n) is 20.0. The molecule has 2 aromatic heterocycles. The van der Waals surface area contributed by atoms with E-state index in [1.807, 2.05) is 23.9 Å². The third-order valence-electron chi connectivity index (χ3n) is 7.98. The zero-order valence-corrected chi connectivity index (χ0v) is 20.0. The van der Waals surface area contributed by atoms with Gasteiger partial charge < -0.3 is 14.4 Å². The first-order chi connectivity index (χ1) is 16.5. The van der Waals surface area contributed by atoms with Gasteiger partial charge in [-0.15, -0.1) is 0 Å². The summed E-state index contributed by atoms with van der Waals surface area (Å²) >= 11 is 0. The lowest BCUT2D eigenvalue weighted by atomic mass is 9.88. The number of nitrogens with zero attached hydrogens (tertiary/aromatic N) is 5. The van der Waals surface area contributed by atoms with Gasteiger partial charge in [0.1, 0.15) is 11.6 Å². The highest BCUT2D eigenvalue weighted by atomic mass is 16.5. The van der Waals surface area contributed by atoms with Gasteiger partial charge in [0.05, 0.1) is 24.7 Å². The molecule has 3 fully saturated rings. The molecule has 1 saturated carbocycles. The lowest BCUT2D eigenvalue weighted by Crippen LogP contribution is -2.38. The molecule has 3 aliphatic rings. The summed E-state index contributed by atoms with van der Waals surface area (Å²) in [6.45, 7) is 6.60. The van der Waals surface area contributed by atoms with Crippen LogP contribution in [0.3, 0.4) is 0 Å². The third kappa shape index (κ3) is 3.55. The Hall–Kier alpha value is -3.00. The maximum absolute atomic E-state index is 12.1. The Balaban J connectivity index is 1.34. The van der Waals surface area contributed by atoms with Crippen molar-refractivity contribution in [1.29, 1.82) is 0 Å². The number of aromatic nitrogens is 4. The molecule has 34 heavy (non-hydrogen) atoms. The second kappa shape index (κ2) is 8.34. The number of carbonyl (C=O) groups excluding carboxylic acids is 1. The summed E-state index contributed by atoms with van der Waals surface area (Å²) in [7, 11) is 1.48. The van der Waals surface area contributed by atoms with E-state index in [9.17, 15) is 4.79 Å². The Morgan fingerprint density at radius 1 is 1.09 bits per heavy atom. The van der Waals surface area contributed by atoms with Crippen LogP contribution in [-0.4, -0.2) is 58.6 Å². The highest BCUT2D eigenvalue weighted by Crippen LogP contribution is 2.44. The van der Waals surface area contributed by atoms with Crippen LogP contribution in [0.1, 0.15) is 48.6 Å². The first-order valence-electron chi connectivity index (χ1n) is 12.3. The van der Waals surface area contributed by atoms with Crippen LogP contribution in [0.5, 0.6) is 0 Å². The summed E-state index contributed by atoms with van der Waals surface area (Å²) in [5.74, 6) is 3.20. The number of benzene rings is 1. The molecule has 4 heterocycles. The molecule has 2 saturated heterocycles. The fourth-order valence-corrected chi connectivity index (χ4v) is 6.30. The van der Waals surface area contributed by atoms with E-state index in [1.165, 1.54) is 18.2 Å². The molecule has 8 nitrogen and oxygen atoms in total. The molecule has 0 radical (unpaired) electrons. The number of fused-ring (bicyclic) bond motifs is 3. The average Bonchev–Trinajstić information content (AvgIpc) is 3.57. The highest BCUT2D eigenvalue weighted by molar-refractivity contribution is 5.82. The summed E-state index contributed by atoms with van der Waals surface area (Å²) in [6.07, 6.45) is 5.87. The van der Waals surface area contributed by atoms with E-state index < -0.39 is 0 Å². The minimum Gasteiger partial charge on any atom is -0.469 e. The molecule has 1 aromatic carbocycles. The Morgan fingerprint density at radius 2 is 1.88 bits per heavy atom. The Kier molecular flexibility index (Phi) is 5.28. The largest absolute Gasteiger partial charge is 0.469 e. The number of ether oxygens (including phenoxy) is 2. The molecule has 3 atom stereocenters. The van der Waals surface area contributed by atoms with Gasteiger partial charge in [-0.05, 0) is 74.6 Å². The molecule has 0 spiro atoms. The maximum atomic E-state index is 12.1. The van der Waals surface area contributed by atoms with E-state index in [2.05, 4.69) is 24.0 Å². The Morgan fingerprint density at radius 3 is 2.62 bits per heavy atom. The first-order valence-corrected chi connectivity index (χ1v) is 12.3. The predicted octanol–water partition coefficient (Wildman–Crippen LogP) is 3.71. The minimum absolute atomic E-state index is 0.00978. The number of hydrogen-bond acceptors (Lipinski definition) is 7. The number of anilines is 1. The van der Waals surface area contributed by atoms with Crippen molar-refractivity contribution in [1.82, 2.24) is 19.7 Å². The third-order valence-corrected chi connectivity index (χ3v) is 7.98. The predicted molar refractivity (Wildman–Crippen MR) is 128 cm³/mol. The molecule has 1 aliphatic carbocycles. The summed E-state index contributed by atoms with van der Waals surface area (Å²) in [5, 5.41) is 5.84. The van der Waals surface area contributed by atoms with Gasteiger partial charge in [0.15, 0.2) is 5.82 Å². The van der Waals surface area contributed by atoms with Gasteiger partial charge in [0.25, 0.3) is 0 Å². The van der Waals surface area contributed by atoms with Crippen molar-refractivity contribution in [3.8, 4) is 5.82 Å². The van der Waals surface area contributed by atoms with Crippen molar-refractivity contribution in [2.24, 2.45) is 11.8 Å². The topological polar surface area (TPSA) is 82.4 Å². The number of aryl methyl sites for hydroxylation is 2. The molecule has 178 valence electrons. The summed E-state index contributed by atoms with van der Waals surface area (Å²) in [6, 6.07) is 6.89. The monoisotopic (exact) mass is 461 g/mol. The number of rotatable bonds is 4. The van der Waals surface area contributed by atoms with E-state index in [1.54, 1.807) is 0 Å². The van der Waals surface area contributed by atoms with Crippen LogP contribution in [0.25, 0.3) is 16.7 Å². The highest BCUT2D eigenvalue weighted by Gasteiger charge is 2.48. The molecule has 0 N–H and O–H groups in total. The lowest BCUT2D eigenvalue weighted by molar-refractivity contribution is -0.146. The summed E-state index contributed by atoms with van der Waals surface area (Å²) in [5.41, 5.74) is 3.77. The van der Waals surface area contributed by atoms with Crippen molar-refractivity contribution in [3.05, 3.63) is 41.3 Å².